The first-order valence-electron chi connectivity index (χ1n) is 8.28. The molecule has 0 spiro atoms. The predicted octanol–water partition coefficient (Wildman–Crippen LogP) is 6.62. The number of rotatable bonds is 2. The zero-order chi connectivity index (χ0) is 17.3. The van der Waals surface area contributed by atoms with Gasteiger partial charge >= 0.3 is 0 Å². The topological polar surface area (TPSA) is 0 Å². The Morgan fingerprint density at radius 1 is 0.346 bits per heavy atom. The van der Waals surface area contributed by atoms with E-state index in [9.17, 15) is 0 Å². The molecule has 0 nitrogen and oxygen atoms in total. The molecule has 3 radical (unpaired) electrons. The fraction of sp³-hybridized carbons (Fsp3) is 0. The minimum atomic E-state index is 0. The summed E-state index contributed by atoms with van der Waals surface area (Å²) < 4.78 is 0. The SMILES string of the molecule is Sc1ccc(-c2ccccc2)cc1.[As].c1ccc(-c2ccccc2)cc1. The van der Waals surface area contributed by atoms with Gasteiger partial charge in [0.25, 0.3) is 0 Å². The molecule has 0 heterocycles. The predicted molar refractivity (Wildman–Crippen MR) is 117 cm³/mol. The van der Waals surface area contributed by atoms with Gasteiger partial charge in [0.15, 0.2) is 0 Å². The molecule has 4 aromatic carbocycles. The van der Waals surface area contributed by atoms with E-state index in [1.54, 1.807) is 0 Å². The summed E-state index contributed by atoms with van der Waals surface area (Å²) in [6.07, 6.45) is 0. The molecule has 0 atom stereocenters. The molecule has 0 aliphatic rings. The second kappa shape index (κ2) is 10.7. The van der Waals surface area contributed by atoms with Crippen molar-refractivity contribution < 1.29 is 0 Å². The van der Waals surface area contributed by atoms with E-state index in [0.29, 0.717) is 0 Å². The molecule has 26 heavy (non-hydrogen) atoms. The van der Waals surface area contributed by atoms with E-state index in [0.717, 1.165) is 4.90 Å². The third-order valence-electron chi connectivity index (χ3n) is 3.86. The first-order valence-corrected chi connectivity index (χ1v) is 8.72. The van der Waals surface area contributed by atoms with Crippen LogP contribution in [0.15, 0.2) is 120 Å². The van der Waals surface area contributed by atoms with Crippen LogP contribution in [0.1, 0.15) is 0 Å². The summed E-state index contributed by atoms with van der Waals surface area (Å²) in [5, 5.41) is 0. The maximum absolute atomic E-state index is 4.24. The Balaban J connectivity index is 0.000000180. The maximum Gasteiger partial charge on any atom is 0.00404 e. The molecular weight excluding hydrogens is 395 g/mol. The molecule has 4 aromatic rings. The molecule has 0 fully saturated rings. The molecule has 127 valence electrons. The van der Waals surface area contributed by atoms with E-state index in [2.05, 4.69) is 85.4 Å². The van der Waals surface area contributed by atoms with Crippen LogP contribution in [0.25, 0.3) is 22.3 Å². The second-order valence-electron chi connectivity index (χ2n) is 5.64. The van der Waals surface area contributed by atoms with E-state index in [1.807, 2.05) is 42.5 Å². The summed E-state index contributed by atoms with van der Waals surface area (Å²) in [5.74, 6) is 0. The van der Waals surface area contributed by atoms with E-state index in [4.69, 9.17) is 0 Å². The molecule has 0 aliphatic heterocycles. The summed E-state index contributed by atoms with van der Waals surface area (Å²) in [6.45, 7) is 0. The zero-order valence-electron chi connectivity index (χ0n) is 14.4. The first kappa shape index (κ1) is 20.1. The molecule has 4 rings (SSSR count). The molecule has 2 heteroatoms. The third kappa shape index (κ3) is 5.95. The summed E-state index contributed by atoms with van der Waals surface area (Å²) in [4.78, 5) is 1.000. The summed E-state index contributed by atoms with van der Waals surface area (Å²) in [5.41, 5.74) is 5.03. The van der Waals surface area contributed by atoms with Crippen molar-refractivity contribution in [2.75, 3.05) is 0 Å². The Morgan fingerprint density at radius 2 is 0.615 bits per heavy atom. The van der Waals surface area contributed by atoms with Crippen molar-refractivity contribution in [2.45, 2.75) is 4.90 Å². The van der Waals surface area contributed by atoms with Gasteiger partial charge in [0, 0.05) is 22.8 Å². The third-order valence-corrected chi connectivity index (χ3v) is 4.15. The van der Waals surface area contributed by atoms with Crippen molar-refractivity contribution in [2.24, 2.45) is 0 Å². The van der Waals surface area contributed by atoms with Gasteiger partial charge in [-0.25, -0.2) is 0 Å². The van der Waals surface area contributed by atoms with Crippen molar-refractivity contribution in [1.82, 2.24) is 0 Å². The van der Waals surface area contributed by atoms with Crippen LogP contribution >= 0.6 is 12.6 Å². The summed E-state index contributed by atoms with van der Waals surface area (Å²) in [7, 11) is 0. The monoisotopic (exact) mass is 415 g/mol. The summed E-state index contributed by atoms with van der Waals surface area (Å²) in [6, 6.07) is 39.3. The quantitative estimate of drug-likeness (QED) is 0.276. The van der Waals surface area contributed by atoms with Gasteiger partial charge < -0.3 is 0 Å². The van der Waals surface area contributed by atoms with Crippen molar-refractivity contribution >= 4 is 30.6 Å². The van der Waals surface area contributed by atoms with Crippen molar-refractivity contribution in [3.8, 4) is 22.3 Å². The molecule has 0 amide bonds. The number of hydrogen-bond donors (Lipinski definition) is 1. The Labute approximate surface area is 172 Å². The second-order valence-corrected chi connectivity index (χ2v) is 6.16. The van der Waals surface area contributed by atoms with Crippen molar-refractivity contribution in [3.05, 3.63) is 115 Å². The van der Waals surface area contributed by atoms with E-state index < -0.39 is 0 Å². The first-order chi connectivity index (χ1) is 12.3. The largest absolute Gasteiger partial charge is 0.143 e. The number of benzene rings is 4. The van der Waals surface area contributed by atoms with Gasteiger partial charge in [-0.2, -0.15) is 0 Å². The van der Waals surface area contributed by atoms with Gasteiger partial charge in [0.05, 0.1) is 0 Å². The fourth-order valence-electron chi connectivity index (χ4n) is 2.55. The van der Waals surface area contributed by atoms with E-state index in [-0.39, 0.29) is 18.0 Å². The van der Waals surface area contributed by atoms with Gasteiger partial charge in [-0.15, -0.1) is 12.6 Å². The van der Waals surface area contributed by atoms with Gasteiger partial charge in [-0.1, -0.05) is 103 Å². The Bertz CT molecular complexity index is 836. The number of hydrogen-bond acceptors (Lipinski definition) is 1. The van der Waals surface area contributed by atoms with Crippen molar-refractivity contribution in [1.29, 1.82) is 0 Å². The molecule has 0 saturated carbocycles. The average Bonchev–Trinajstić information content (AvgIpc) is 2.71. The number of thiol groups is 1. The standard InChI is InChI=1S/C12H10S.C12H10.As/c13-12-8-6-11(7-9-12)10-4-2-1-3-5-10;1-3-7-11(8-4-1)12-9-5-2-6-10-12;/h1-9,13H;1-10H;. The van der Waals surface area contributed by atoms with Crippen molar-refractivity contribution in [3.63, 3.8) is 0 Å². The van der Waals surface area contributed by atoms with Crippen LogP contribution < -0.4 is 0 Å². The Hall–Kier alpha value is -2.21. The molecule has 0 N–H and O–H groups in total. The van der Waals surface area contributed by atoms with Crippen LogP contribution in [0.2, 0.25) is 0 Å². The van der Waals surface area contributed by atoms with E-state index in [1.165, 1.54) is 22.3 Å². The molecular formula is C24H20AsS. The van der Waals surface area contributed by atoms with Gasteiger partial charge in [0.2, 0.25) is 0 Å². The molecule has 0 aromatic heterocycles. The van der Waals surface area contributed by atoms with Gasteiger partial charge in [-0.05, 0) is 34.4 Å². The fourth-order valence-corrected chi connectivity index (χ4v) is 2.69. The summed E-state index contributed by atoms with van der Waals surface area (Å²) >= 11 is 4.24. The smallest absolute Gasteiger partial charge is 0.00404 e. The molecule has 0 saturated heterocycles. The molecule has 0 bridgehead atoms. The Kier molecular flexibility index (Phi) is 8.28. The maximum atomic E-state index is 4.24. The van der Waals surface area contributed by atoms with Gasteiger partial charge in [0.1, 0.15) is 0 Å². The van der Waals surface area contributed by atoms with Crippen LogP contribution in [0.3, 0.4) is 0 Å². The van der Waals surface area contributed by atoms with Crippen LogP contribution in [0.5, 0.6) is 0 Å². The molecule has 0 aliphatic carbocycles. The molecule has 0 unspecified atom stereocenters. The normalized spacial score (nSPS) is 9.42. The average molecular weight is 415 g/mol. The van der Waals surface area contributed by atoms with E-state index >= 15 is 0 Å². The van der Waals surface area contributed by atoms with Crippen LogP contribution in [-0.2, 0) is 0 Å². The van der Waals surface area contributed by atoms with Gasteiger partial charge in [-0.3, -0.25) is 0 Å². The minimum Gasteiger partial charge on any atom is -0.143 e. The van der Waals surface area contributed by atoms with Crippen LogP contribution in [-0.4, -0.2) is 18.0 Å². The van der Waals surface area contributed by atoms with Crippen LogP contribution in [0.4, 0.5) is 0 Å². The minimum absolute atomic E-state index is 0. The zero-order valence-corrected chi connectivity index (χ0v) is 17.1. The Morgan fingerprint density at radius 3 is 0.923 bits per heavy atom. The van der Waals surface area contributed by atoms with Crippen LogP contribution in [0, 0.1) is 0 Å².